The highest BCUT2D eigenvalue weighted by Gasteiger charge is 2.41. The molecule has 0 aliphatic heterocycles. The average molecular weight is 727 g/mol. The van der Waals surface area contributed by atoms with Gasteiger partial charge < -0.3 is 43.4 Å². The van der Waals surface area contributed by atoms with Crippen molar-refractivity contribution in [2.24, 2.45) is 23.7 Å². The van der Waals surface area contributed by atoms with Gasteiger partial charge in [0.15, 0.2) is 0 Å². The average Bonchev–Trinajstić information content (AvgIpc) is 3.05. The summed E-state index contributed by atoms with van der Waals surface area (Å²) in [6.07, 6.45) is -0.194. The van der Waals surface area contributed by atoms with Crippen LogP contribution in [0.15, 0.2) is 0 Å². The van der Waals surface area contributed by atoms with Gasteiger partial charge in [0.1, 0.15) is 24.4 Å². The van der Waals surface area contributed by atoms with Gasteiger partial charge in [-0.3, -0.25) is 28.8 Å². The van der Waals surface area contributed by atoms with Gasteiger partial charge in [-0.1, -0.05) is 0 Å². The zero-order valence-corrected chi connectivity index (χ0v) is 30.0. The lowest BCUT2D eigenvalue weighted by Gasteiger charge is -2.39. The Hall–Kier alpha value is -3.30. The van der Waals surface area contributed by atoms with Gasteiger partial charge in [0.2, 0.25) is 0 Å². The van der Waals surface area contributed by atoms with Gasteiger partial charge in [0, 0.05) is 34.1 Å². The molecule has 0 heterocycles. The van der Waals surface area contributed by atoms with Crippen LogP contribution < -0.4 is 0 Å². The van der Waals surface area contributed by atoms with E-state index in [1.165, 1.54) is 27.7 Å². The summed E-state index contributed by atoms with van der Waals surface area (Å²) >= 11 is 0. The van der Waals surface area contributed by atoms with Crippen molar-refractivity contribution >= 4 is 35.8 Å². The van der Waals surface area contributed by atoms with Gasteiger partial charge in [-0.05, 0) is 82.5 Å². The van der Waals surface area contributed by atoms with Crippen LogP contribution in [-0.4, -0.2) is 108 Å². The summed E-state index contributed by atoms with van der Waals surface area (Å²) in [7, 11) is 0. The normalized spacial score (nSPS) is 35.4. The summed E-state index contributed by atoms with van der Waals surface area (Å²) in [6.45, 7) is 5.39. The smallest absolute Gasteiger partial charge is 0.309 e. The molecule has 4 fully saturated rings. The molecule has 4 saturated carbocycles. The number of esters is 6. The lowest BCUT2D eigenvalue weighted by atomic mass is 9.83. The molecule has 0 aromatic carbocycles. The Kier molecular flexibility index (Phi) is 15.1. The predicted molar refractivity (Wildman–Crippen MR) is 174 cm³/mol. The van der Waals surface area contributed by atoms with E-state index in [2.05, 4.69) is 0 Å². The first-order valence-electron chi connectivity index (χ1n) is 18.2. The lowest BCUT2D eigenvalue weighted by Crippen LogP contribution is -2.45. The van der Waals surface area contributed by atoms with Crippen LogP contribution >= 0.6 is 0 Å². The second-order valence-electron chi connectivity index (χ2n) is 14.6. The Morgan fingerprint density at radius 1 is 0.451 bits per heavy atom. The Morgan fingerprint density at radius 3 is 1.29 bits per heavy atom. The SMILES string of the molecule is CC(=O)OC1CCC(COC(=O)C2CCC(OC3CCC(COC(=O)C4CCC(OC(C)=O)C(OC(C)=O)C4)CC3O)C(O)C2)CC1OC(C)=O. The number of aliphatic hydroxyl groups excluding tert-OH is 2. The number of ether oxygens (including phenoxy) is 7. The van der Waals surface area contributed by atoms with Crippen molar-refractivity contribution in [2.75, 3.05) is 13.2 Å². The molecule has 4 rings (SSSR count). The molecule has 0 aromatic rings. The summed E-state index contributed by atoms with van der Waals surface area (Å²) < 4.78 is 38.6. The lowest BCUT2D eigenvalue weighted by molar-refractivity contribution is -0.176. The molecule has 15 nitrogen and oxygen atoms in total. The van der Waals surface area contributed by atoms with E-state index in [1.807, 2.05) is 0 Å². The standard InChI is InChI=1S/C36H54O15/c1-19(37)47-31-10-6-24(14-33(31)49-21(3)39)18-46-35(43)25-7-11-30(28(42)15-25)51-29-9-5-23(13-27(29)41)17-45-36(44)26-8-12-32(48-20(2)38)34(16-26)50-22(4)40/h23-34,41-42H,5-18H2,1-4H3. The maximum absolute atomic E-state index is 12.9. The molecule has 0 saturated heterocycles. The van der Waals surface area contributed by atoms with Crippen LogP contribution in [0.3, 0.4) is 0 Å². The second kappa shape index (κ2) is 19.0. The molecule has 4 aliphatic rings. The topological polar surface area (TPSA) is 207 Å². The summed E-state index contributed by atoms with van der Waals surface area (Å²) in [4.78, 5) is 71.8. The van der Waals surface area contributed by atoms with E-state index in [0.29, 0.717) is 64.2 Å². The van der Waals surface area contributed by atoms with Crippen molar-refractivity contribution in [3.63, 3.8) is 0 Å². The van der Waals surface area contributed by atoms with Crippen molar-refractivity contribution in [3.8, 4) is 0 Å². The van der Waals surface area contributed by atoms with E-state index < -0.39 is 96.5 Å². The zero-order valence-electron chi connectivity index (χ0n) is 30.0. The van der Waals surface area contributed by atoms with E-state index >= 15 is 0 Å². The molecule has 0 radical (unpaired) electrons. The maximum Gasteiger partial charge on any atom is 0.309 e. The number of carbonyl (C=O) groups excluding carboxylic acids is 6. The molecular weight excluding hydrogens is 672 g/mol. The van der Waals surface area contributed by atoms with Crippen molar-refractivity contribution < 1.29 is 72.1 Å². The van der Waals surface area contributed by atoms with Gasteiger partial charge in [-0.2, -0.15) is 0 Å². The van der Waals surface area contributed by atoms with Crippen molar-refractivity contribution in [2.45, 2.75) is 154 Å². The van der Waals surface area contributed by atoms with Gasteiger partial charge in [-0.15, -0.1) is 0 Å². The summed E-state index contributed by atoms with van der Waals surface area (Å²) in [5.74, 6) is -3.92. The Bertz CT molecular complexity index is 1240. The minimum Gasteiger partial charge on any atom is -0.465 e. The zero-order chi connectivity index (χ0) is 37.2. The fourth-order valence-corrected chi connectivity index (χ4v) is 7.89. The number of hydrogen-bond acceptors (Lipinski definition) is 15. The molecule has 0 amide bonds. The molecule has 51 heavy (non-hydrogen) atoms. The van der Waals surface area contributed by atoms with Crippen LogP contribution in [0.1, 0.15) is 105 Å². The van der Waals surface area contributed by atoms with E-state index in [0.717, 1.165) is 0 Å². The summed E-state index contributed by atoms with van der Waals surface area (Å²) in [5, 5.41) is 21.8. The molecule has 0 aromatic heterocycles. The molecule has 0 bridgehead atoms. The van der Waals surface area contributed by atoms with E-state index in [4.69, 9.17) is 33.2 Å². The fourth-order valence-electron chi connectivity index (χ4n) is 7.89. The van der Waals surface area contributed by atoms with Gasteiger partial charge in [-0.25, -0.2) is 0 Å². The van der Waals surface area contributed by atoms with Crippen LogP contribution in [0.2, 0.25) is 0 Å². The van der Waals surface area contributed by atoms with E-state index in [-0.39, 0.29) is 37.9 Å². The largest absolute Gasteiger partial charge is 0.465 e. The third-order valence-electron chi connectivity index (χ3n) is 10.4. The van der Waals surface area contributed by atoms with Crippen molar-refractivity contribution in [1.82, 2.24) is 0 Å². The number of hydrogen-bond donors (Lipinski definition) is 2. The first kappa shape index (κ1) is 40.5. The predicted octanol–water partition coefficient (Wildman–Crippen LogP) is 2.48. The Labute approximate surface area is 298 Å². The van der Waals surface area contributed by atoms with Gasteiger partial charge in [0.25, 0.3) is 0 Å². The molecule has 0 spiro atoms. The quantitative estimate of drug-likeness (QED) is 0.219. The molecule has 2 N–H and O–H groups in total. The van der Waals surface area contributed by atoms with Crippen molar-refractivity contribution in [3.05, 3.63) is 0 Å². The maximum atomic E-state index is 12.9. The second-order valence-corrected chi connectivity index (χ2v) is 14.6. The van der Waals surface area contributed by atoms with Gasteiger partial charge in [0.05, 0.1) is 49.5 Å². The highest BCUT2D eigenvalue weighted by molar-refractivity contribution is 5.73. The first-order valence-corrected chi connectivity index (χ1v) is 18.2. The molecule has 288 valence electrons. The fraction of sp³-hybridized carbons (Fsp3) is 0.833. The third-order valence-corrected chi connectivity index (χ3v) is 10.4. The molecular formula is C36H54O15. The number of carbonyl (C=O) groups is 6. The number of aliphatic hydroxyl groups is 2. The highest BCUT2D eigenvalue weighted by Crippen LogP contribution is 2.35. The Balaban J connectivity index is 1.15. The monoisotopic (exact) mass is 726 g/mol. The van der Waals surface area contributed by atoms with Crippen LogP contribution in [0, 0.1) is 23.7 Å². The van der Waals surface area contributed by atoms with Gasteiger partial charge >= 0.3 is 35.8 Å². The van der Waals surface area contributed by atoms with Crippen LogP contribution in [0.25, 0.3) is 0 Å². The first-order chi connectivity index (χ1) is 24.2. The molecule has 12 unspecified atom stereocenters. The molecule has 4 aliphatic carbocycles. The minimum absolute atomic E-state index is 0.0664. The number of rotatable bonds is 12. The van der Waals surface area contributed by atoms with Crippen LogP contribution in [0.4, 0.5) is 0 Å². The van der Waals surface area contributed by atoms with Crippen LogP contribution in [0.5, 0.6) is 0 Å². The van der Waals surface area contributed by atoms with E-state index in [1.54, 1.807) is 0 Å². The Morgan fingerprint density at radius 2 is 0.824 bits per heavy atom. The summed E-state index contributed by atoms with van der Waals surface area (Å²) in [5.41, 5.74) is 0. The van der Waals surface area contributed by atoms with E-state index in [9.17, 15) is 39.0 Å². The van der Waals surface area contributed by atoms with Crippen molar-refractivity contribution in [1.29, 1.82) is 0 Å². The molecule has 15 heteroatoms. The highest BCUT2D eigenvalue weighted by atomic mass is 16.6. The summed E-state index contributed by atoms with van der Waals surface area (Å²) in [6, 6.07) is 0. The minimum atomic E-state index is -0.915. The third kappa shape index (κ3) is 12.4. The van der Waals surface area contributed by atoms with Crippen LogP contribution in [-0.2, 0) is 61.9 Å². The molecule has 12 atom stereocenters.